The van der Waals surface area contributed by atoms with Crippen molar-refractivity contribution >= 4 is 34.8 Å². The van der Waals surface area contributed by atoms with Crippen LogP contribution in [0.25, 0.3) is 10.6 Å². The van der Waals surface area contributed by atoms with E-state index in [2.05, 4.69) is 4.98 Å². The number of halogens is 2. The van der Waals surface area contributed by atoms with Crippen molar-refractivity contribution in [2.24, 2.45) is 5.73 Å². The number of carbonyl (C=O) groups excluding carboxylic acids is 2. The number of amides is 1. The summed E-state index contributed by atoms with van der Waals surface area (Å²) in [6.07, 6.45) is 0. The lowest BCUT2D eigenvalue weighted by Crippen LogP contribution is -2.20. The lowest BCUT2D eigenvalue weighted by atomic mass is 10.2. The Morgan fingerprint density at radius 3 is 2.63 bits per heavy atom. The maximum Gasteiger partial charge on any atom is 0.338 e. The number of aromatic nitrogens is 1. The first-order valence-corrected chi connectivity index (χ1v) is 9.79. The summed E-state index contributed by atoms with van der Waals surface area (Å²) in [6.45, 7) is -0.448. The number of rotatable bonds is 8. The number of thiazole rings is 1. The van der Waals surface area contributed by atoms with Crippen LogP contribution >= 0.6 is 22.9 Å². The molecular weight excluding hydrogens is 435 g/mol. The van der Waals surface area contributed by atoms with E-state index < -0.39 is 11.9 Å². The highest BCUT2D eigenvalue weighted by Crippen LogP contribution is 2.36. The van der Waals surface area contributed by atoms with E-state index in [-0.39, 0.29) is 41.1 Å². The Balaban J connectivity index is 1.68. The highest BCUT2D eigenvalue weighted by atomic mass is 35.5. The zero-order valence-corrected chi connectivity index (χ0v) is 17.3. The third kappa shape index (κ3) is 5.25. The molecule has 0 radical (unpaired) electrons. The molecule has 10 heteroatoms. The summed E-state index contributed by atoms with van der Waals surface area (Å²) in [4.78, 5) is 27.7. The molecule has 1 amide bonds. The number of nitrogens with two attached hydrogens (primary N) is 1. The van der Waals surface area contributed by atoms with Crippen LogP contribution < -0.4 is 15.2 Å². The molecule has 3 aromatic rings. The van der Waals surface area contributed by atoms with Gasteiger partial charge in [0, 0.05) is 10.9 Å². The molecule has 2 N–H and O–H groups in total. The summed E-state index contributed by atoms with van der Waals surface area (Å²) in [5.41, 5.74) is 6.51. The highest BCUT2D eigenvalue weighted by molar-refractivity contribution is 7.13. The number of nitrogens with zero attached hydrogens (tertiary/aromatic N) is 1. The first-order valence-electron chi connectivity index (χ1n) is 8.53. The van der Waals surface area contributed by atoms with Crippen LogP contribution in [0.3, 0.4) is 0 Å². The quantitative estimate of drug-likeness (QED) is 0.523. The smallest absolute Gasteiger partial charge is 0.338 e. The molecule has 0 bridgehead atoms. The van der Waals surface area contributed by atoms with Gasteiger partial charge in [-0.1, -0.05) is 11.6 Å². The van der Waals surface area contributed by atoms with Crippen molar-refractivity contribution in [3.63, 3.8) is 0 Å². The molecule has 0 saturated heterocycles. The van der Waals surface area contributed by atoms with E-state index in [1.807, 2.05) is 0 Å². The van der Waals surface area contributed by atoms with Gasteiger partial charge in [0.05, 0.1) is 23.4 Å². The van der Waals surface area contributed by atoms with Crippen LogP contribution in [0.4, 0.5) is 4.39 Å². The van der Waals surface area contributed by atoms with E-state index in [9.17, 15) is 14.0 Å². The fourth-order valence-corrected chi connectivity index (χ4v) is 3.52. The van der Waals surface area contributed by atoms with Gasteiger partial charge in [-0.15, -0.1) is 11.3 Å². The Labute approximate surface area is 180 Å². The number of hydrogen-bond acceptors (Lipinski definition) is 7. The van der Waals surface area contributed by atoms with E-state index in [1.165, 1.54) is 42.7 Å². The molecule has 0 aliphatic heterocycles. The molecule has 0 unspecified atom stereocenters. The van der Waals surface area contributed by atoms with Crippen molar-refractivity contribution in [3.8, 4) is 22.1 Å². The molecule has 1 aromatic heterocycles. The number of primary amides is 1. The van der Waals surface area contributed by atoms with E-state index in [1.54, 1.807) is 17.5 Å². The van der Waals surface area contributed by atoms with Crippen LogP contribution in [-0.4, -0.2) is 30.6 Å². The lowest BCUT2D eigenvalue weighted by molar-refractivity contribution is -0.119. The normalized spacial score (nSPS) is 10.5. The second-order valence-electron chi connectivity index (χ2n) is 5.97. The van der Waals surface area contributed by atoms with Gasteiger partial charge in [0.15, 0.2) is 18.1 Å². The monoisotopic (exact) mass is 450 g/mol. The second-order valence-corrected chi connectivity index (χ2v) is 7.24. The molecule has 30 heavy (non-hydrogen) atoms. The third-order valence-corrected chi connectivity index (χ3v) is 5.04. The largest absolute Gasteiger partial charge is 0.493 e. The van der Waals surface area contributed by atoms with Crippen LogP contribution in [0.5, 0.6) is 11.5 Å². The van der Waals surface area contributed by atoms with E-state index in [0.717, 1.165) is 5.56 Å². The number of benzene rings is 2. The minimum atomic E-state index is -0.681. The Morgan fingerprint density at radius 2 is 1.97 bits per heavy atom. The summed E-state index contributed by atoms with van der Waals surface area (Å²) < 4.78 is 28.7. The van der Waals surface area contributed by atoms with Gasteiger partial charge in [0.25, 0.3) is 5.91 Å². The van der Waals surface area contributed by atoms with Gasteiger partial charge in [-0.3, -0.25) is 4.79 Å². The fourth-order valence-electron chi connectivity index (χ4n) is 2.44. The van der Waals surface area contributed by atoms with E-state index in [4.69, 9.17) is 31.5 Å². The third-order valence-electron chi connectivity index (χ3n) is 3.82. The number of hydrogen-bond donors (Lipinski definition) is 1. The summed E-state index contributed by atoms with van der Waals surface area (Å²) in [5.74, 6) is -1.40. The Bertz CT molecular complexity index is 1070. The van der Waals surface area contributed by atoms with E-state index >= 15 is 0 Å². The first kappa shape index (κ1) is 21.5. The molecule has 3 rings (SSSR count). The van der Waals surface area contributed by atoms with Crippen molar-refractivity contribution in [1.82, 2.24) is 4.98 Å². The topological polar surface area (TPSA) is 101 Å². The standard InChI is InChI=1S/C20H16ClFN2O5S/c1-27-16-7-12(6-15(21)18(16)28-9-17(23)25)20(26)29-8-14-10-30-19(24-14)11-2-4-13(22)5-3-11/h2-7,10H,8-9H2,1H3,(H2,23,25). The second kappa shape index (κ2) is 9.55. The summed E-state index contributed by atoms with van der Waals surface area (Å²) in [5, 5.41) is 2.50. The van der Waals surface area contributed by atoms with E-state index in [0.29, 0.717) is 10.7 Å². The molecule has 7 nitrogen and oxygen atoms in total. The molecule has 1 heterocycles. The van der Waals surface area contributed by atoms with Crippen molar-refractivity contribution in [2.75, 3.05) is 13.7 Å². The minimum absolute atomic E-state index is 0.0591. The zero-order chi connectivity index (χ0) is 21.7. The predicted octanol–water partition coefficient (Wildman–Crippen LogP) is 3.83. The van der Waals surface area contributed by atoms with Crippen molar-refractivity contribution in [2.45, 2.75) is 6.61 Å². The molecular formula is C20H16ClFN2O5S. The number of carbonyl (C=O) groups is 2. The molecule has 0 saturated carbocycles. The summed E-state index contributed by atoms with van der Waals surface area (Å²) in [7, 11) is 1.37. The van der Waals surface area contributed by atoms with Gasteiger partial charge in [-0.05, 0) is 36.4 Å². The van der Waals surface area contributed by atoms with Gasteiger partial charge in [0.2, 0.25) is 0 Å². The molecule has 0 atom stereocenters. The fraction of sp³-hybridized carbons (Fsp3) is 0.150. The maximum atomic E-state index is 13.0. The van der Waals surface area contributed by atoms with Gasteiger partial charge in [0.1, 0.15) is 17.4 Å². The summed E-state index contributed by atoms with van der Waals surface area (Å²) in [6, 6.07) is 8.68. The van der Waals surface area contributed by atoms with Crippen LogP contribution in [0, 0.1) is 5.82 Å². The molecule has 0 aliphatic rings. The van der Waals surface area contributed by atoms with Gasteiger partial charge >= 0.3 is 5.97 Å². The van der Waals surface area contributed by atoms with Gasteiger partial charge < -0.3 is 19.9 Å². The van der Waals surface area contributed by atoms with Crippen LogP contribution in [-0.2, 0) is 16.1 Å². The Kier molecular flexibility index (Phi) is 6.86. The van der Waals surface area contributed by atoms with Crippen molar-refractivity contribution < 1.29 is 28.2 Å². The van der Waals surface area contributed by atoms with Crippen molar-refractivity contribution in [1.29, 1.82) is 0 Å². The molecule has 0 spiro atoms. The van der Waals surface area contributed by atoms with Crippen molar-refractivity contribution in [3.05, 3.63) is 63.9 Å². The molecule has 2 aromatic carbocycles. The van der Waals surface area contributed by atoms with Gasteiger partial charge in [-0.2, -0.15) is 0 Å². The number of esters is 1. The van der Waals surface area contributed by atoms with Crippen LogP contribution in [0.15, 0.2) is 41.8 Å². The Morgan fingerprint density at radius 1 is 1.23 bits per heavy atom. The maximum absolute atomic E-state index is 13.0. The average Bonchev–Trinajstić information content (AvgIpc) is 3.20. The Hall–Kier alpha value is -3.17. The number of methoxy groups -OCH3 is 1. The SMILES string of the molecule is COc1cc(C(=O)OCc2csc(-c3ccc(F)cc3)n2)cc(Cl)c1OCC(N)=O. The molecule has 0 fully saturated rings. The first-order chi connectivity index (χ1) is 14.4. The molecule has 156 valence electrons. The lowest BCUT2D eigenvalue weighted by Gasteiger charge is -2.13. The van der Waals surface area contributed by atoms with Crippen LogP contribution in [0.1, 0.15) is 16.1 Å². The highest BCUT2D eigenvalue weighted by Gasteiger charge is 2.18. The number of ether oxygens (including phenoxy) is 3. The summed E-state index contributed by atoms with van der Waals surface area (Å²) >= 11 is 7.49. The van der Waals surface area contributed by atoms with Gasteiger partial charge in [-0.25, -0.2) is 14.2 Å². The predicted molar refractivity (Wildman–Crippen MR) is 109 cm³/mol. The molecule has 0 aliphatic carbocycles. The minimum Gasteiger partial charge on any atom is -0.493 e. The zero-order valence-electron chi connectivity index (χ0n) is 15.7. The average molecular weight is 451 g/mol. The van der Waals surface area contributed by atoms with Crippen LogP contribution in [0.2, 0.25) is 5.02 Å².